The molecule has 0 amide bonds. The molecular weight excluding hydrogens is 256 g/mol. The van der Waals surface area contributed by atoms with Gasteiger partial charge in [0.1, 0.15) is 10.8 Å². The molecule has 0 radical (unpaired) electrons. The van der Waals surface area contributed by atoms with Crippen molar-refractivity contribution >= 4 is 29.1 Å². The molecule has 0 saturated heterocycles. The summed E-state index contributed by atoms with van der Waals surface area (Å²) >= 11 is 7.30. The number of nitrogens with zero attached hydrogens (tertiary/aromatic N) is 1. The molecule has 3 nitrogen and oxygen atoms in total. The lowest BCUT2D eigenvalue weighted by molar-refractivity contribution is 0.416. The molecule has 0 bridgehead atoms. The molecule has 0 unspecified atom stereocenters. The molecule has 1 aromatic carbocycles. The molecule has 0 atom stereocenters. The lowest BCUT2D eigenvalue weighted by Gasteiger charge is -2.06. The standard InChI is InChI=1S/C12H11ClN2OS/c1-16-11-6-9(3-4-10(11)14)17-12-5-2-8(13)7-15-12/h2-7H,14H2,1H3. The second-order valence-electron chi connectivity index (χ2n) is 3.32. The smallest absolute Gasteiger partial charge is 0.142 e. The van der Waals surface area contributed by atoms with Crippen molar-refractivity contribution in [1.29, 1.82) is 0 Å². The van der Waals surface area contributed by atoms with Gasteiger partial charge in [-0.25, -0.2) is 4.98 Å². The molecule has 0 aliphatic carbocycles. The predicted molar refractivity (Wildman–Crippen MR) is 70.8 cm³/mol. The minimum absolute atomic E-state index is 0.626. The summed E-state index contributed by atoms with van der Waals surface area (Å²) in [6, 6.07) is 9.31. The van der Waals surface area contributed by atoms with Crippen LogP contribution in [0.4, 0.5) is 5.69 Å². The number of aromatic nitrogens is 1. The Morgan fingerprint density at radius 1 is 1.29 bits per heavy atom. The van der Waals surface area contributed by atoms with Crippen molar-refractivity contribution in [3.05, 3.63) is 41.6 Å². The Labute approximate surface area is 109 Å². The zero-order chi connectivity index (χ0) is 12.3. The number of methoxy groups -OCH3 is 1. The largest absolute Gasteiger partial charge is 0.495 e. The van der Waals surface area contributed by atoms with Gasteiger partial charge in [0.05, 0.1) is 17.8 Å². The van der Waals surface area contributed by atoms with Crippen LogP contribution in [0.2, 0.25) is 5.02 Å². The van der Waals surface area contributed by atoms with Gasteiger partial charge in [0.15, 0.2) is 0 Å². The van der Waals surface area contributed by atoms with Crippen LogP contribution >= 0.6 is 23.4 Å². The predicted octanol–water partition coefficient (Wildman–Crippen LogP) is 3.48. The molecule has 0 aliphatic rings. The topological polar surface area (TPSA) is 48.1 Å². The van der Waals surface area contributed by atoms with E-state index in [2.05, 4.69) is 4.98 Å². The lowest BCUT2D eigenvalue weighted by atomic mass is 10.3. The number of rotatable bonds is 3. The van der Waals surface area contributed by atoms with Gasteiger partial charge >= 0.3 is 0 Å². The van der Waals surface area contributed by atoms with Gasteiger partial charge in [-0.1, -0.05) is 23.4 Å². The SMILES string of the molecule is COc1cc(Sc2ccc(Cl)cn2)ccc1N. The Balaban J connectivity index is 2.21. The third-order valence-corrected chi connectivity index (χ3v) is 3.29. The highest BCUT2D eigenvalue weighted by molar-refractivity contribution is 7.99. The Bertz CT molecular complexity index is 516. The molecule has 1 heterocycles. The molecular formula is C12H11ClN2OS. The average Bonchev–Trinajstić information content (AvgIpc) is 2.34. The molecule has 1 aromatic heterocycles. The maximum absolute atomic E-state index is 5.77. The summed E-state index contributed by atoms with van der Waals surface area (Å²) in [5.74, 6) is 0.670. The van der Waals surface area contributed by atoms with Crippen LogP contribution in [-0.4, -0.2) is 12.1 Å². The molecule has 2 N–H and O–H groups in total. The molecule has 0 spiro atoms. The maximum atomic E-state index is 5.77. The highest BCUT2D eigenvalue weighted by Gasteiger charge is 2.03. The first-order chi connectivity index (χ1) is 8.19. The van der Waals surface area contributed by atoms with Gasteiger partial charge in [0.25, 0.3) is 0 Å². The van der Waals surface area contributed by atoms with E-state index >= 15 is 0 Å². The second-order valence-corrected chi connectivity index (χ2v) is 4.85. The first-order valence-electron chi connectivity index (χ1n) is 4.92. The quantitative estimate of drug-likeness (QED) is 0.864. The number of pyridine rings is 1. The van der Waals surface area contributed by atoms with Crippen molar-refractivity contribution in [3.63, 3.8) is 0 Å². The summed E-state index contributed by atoms with van der Waals surface area (Å²) in [5.41, 5.74) is 6.37. The van der Waals surface area contributed by atoms with E-state index in [1.807, 2.05) is 30.3 Å². The summed E-state index contributed by atoms with van der Waals surface area (Å²) in [5, 5.41) is 1.51. The van der Waals surface area contributed by atoms with Crippen molar-refractivity contribution in [3.8, 4) is 5.75 Å². The Morgan fingerprint density at radius 2 is 2.12 bits per heavy atom. The number of hydrogen-bond acceptors (Lipinski definition) is 4. The number of nitrogen functional groups attached to an aromatic ring is 1. The molecule has 0 saturated carbocycles. The number of hydrogen-bond donors (Lipinski definition) is 1. The zero-order valence-electron chi connectivity index (χ0n) is 9.18. The number of benzene rings is 1. The third-order valence-electron chi connectivity index (χ3n) is 2.13. The molecule has 88 valence electrons. The first kappa shape index (κ1) is 12.1. The van der Waals surface area contributed by atoms with Crippen molar-refractivity contribution in [2.45, 2.75) is 9.92 Å². The van der Waals surface area contributed by atoms with Crippen molar-refractivity contribution < 1.29 is 4.74 Å². The fourth-order valence-electron chi connectivity index (χ4n) is 1.30. The van der Waals surface area contributed by atoms with Crippen LogP contribution in [0, 0.1) is 0 Å². The maximum Gasteiger partial charge on any atom is 0.142 e. The van der Waals surface area contributed by atoms with E-state index < -0.39 is 0 Å². The zero-order valence-corrected chi connectivity index (χ0v) is 10.8. The highest BCUT2D eigenvalue weighted by Crippen LogP contribution is 2.32. The number of anilines is 1. The Morgan fingerprint density at radius 3 is 2.76 bits per heavy atom. The van der Waals surface area contributed by atoms with E-state index in [4.69, 9.17) is 22.1 Å². The highest BCUT2D eigenvalue weighted by atomic mass is 35.5. The van der Waals surface area contributed by atoms with Gasteiger partial charge in [-0.2, -0.15) is 0 Å². The van der Waals surface area contributed by atoms with Crippen molar-refractivity contribution in [2.24, 2.45) is 0 Å². The van der Waals surface area contributed by atoms with Crippen LogP contribution in [0.3, 0.4) is 0 Å². The van der Waals surface area contributed by atoms with E-state index in [-0.39, 0.29) is 0 Å². The van der Waals surface area contributed by atoms with Gasteiger partial charge in [0, 0.05) is 11.1 Å². The summed E-state index contributed by atoms with van der Waals surface area (Å²) in [6.07, 6.45) is 1.62. The molecule has 17 heavy (non-hydrogen) atoms. The molecule has 5 heteroatoms. The first-order valence-corrected chi connectivity index (χ1v) is 6.11. The third kappa shape index (κ3) is 3.05. The van der Waals surface area contributed by atoms with Crippen LogP contribution in [0.25, 0.3) is 0 Å². The Hall–Kier alpha value is -1.39. The number of ether oxygens (including phenoxy) is 1. The summed E-state index contributed by atoms with van der Waals surface area (Å²) in [7, 11) is 1.60. The van der Waals surface area contributed by atoms with Crippen molar-refractivity contribution in [1.82, 2.24) is 4.98 Å². The van der Waals surface area contributed by atoms with E-state index in [0.29, 0.717) is 16.5 Å². The van der Waals surface area contributed by atoms with Gasteiger partial charge < -0.3 is 10.5 Å². The Kier molecular flexibility index (Phi) is 3.76. The van der Waals surface area contributed by atoms with Gasteiger partial charge in [-0.15, -0.1) is 0 Å². The minimum atomic E-state index is 0.626. The molecule has 0 aliphatic heterocycles. The summed E-state index contributed by atoms with van der Waals surface area (Å²) < 4.78 is 5.16. The second kappa shape index (κ2) is 5.29. The van der Waals surface area contributed by atoms with Crippen LogP contribution < -0.4 is 10.5 Å². The van der Waals surface area contributed by atoms with Gasteiger partial charge in [-0.3, -0.25) is 0 Å². The van der Waals surface area contributed by atoms with Gasteiger partial charge in [-0.05, 0) is 30.3 Å². The molecule has 2 aromatic rings. The molecule has 0 fully saturated rings. The van der Waals surface area contributed by atoms with Crippen LogP contribution in [0.15, 0.2) is 46.5 Å². The van der Waals surface area contributed by atoms with E-state index in [9.17, 15) is 0 Å². The van der Waals surface area contributed by atoms with E-state index in [1.54, 1.807) is 13.3 Å². The average molecular weight is 267 g/mol. The fraction of sp³-hybridized carbons (Fsp3) is 0.0833. The molecule has 2 rings (SSSR count). The van der Waals surface area contributed by atoms with Gasteiger partial charge in [0.2, 0.25) is 0 Å². The normalized spacial score (nSPS) is 10.2. The van der Waals surface area contributed by atoms with Crippen LogP contribution in [-0.2, 0) is 0 Å². The number of halogens is 1. The van der Waals surface area contributed by atoms with Crippen LogP contribution in [0.1, 0.15) is 0 Å². The van der Waals surface area contributed by atoms with E-state index in [1.165, 1.54) is 11.8 Å². The monoisotopic (exact) mass is 266 g/mol. The fourth-order valence-corrected chi connectivity index (χ4v) is 2.20. The lowest BCUT2D eigenvalue weighted by Crippen LogP contribution is -1.91. The van der Waals surface area contributed by atoms with Crippen LogP contribution in [0.5, 0.6) is 5.75 Å². The van der Waals surface area contributed by atoms with Crippen molar-refractivity contribution in [2.75, 3.05) is 12.8 Å². The summed E-state index contributed by atoms with van der Waals surface area (Å²) in [4.78, 5) is 5.23. The number of nitrogens with two attached hydrogens (primary N) is 1. The minimum Gasteiger partial charge on any atom is -0.495 e. The van der Waals surface area contributed by atoms with E-state index in [0.717, 1.165) is 9.92 Å². The summed E-state index contributed by atoms with van der Waals surface area (Å²) in [6.45, 7) is 0.